The number of esters is 1. The van der Waals surface area contributed by atoms with Gasteiger partial charge in [-0.25, -0.2) is 9.78 Å². The molecule has 0 aliphatic heterocycles. The second-order valence-corrected chi connectivity index (χ2v) is 5.58. The number of nitrogens with zero attached hydrogens (tertiary/aromatic N) is 3. The van der Waals surface area contributed by atoms with Crippen molar-refractivity contribution in [2.24, 2.45) is 0 Å². The first-order chi connectivity index (χ1) is 11.0. The monoisotopic (exact) mass is 312 g/mol. The molecule has 0 saturated heterocycles. The van der Waals surface area contributed by atoms with Gasteiger partial charge in [0.2, 0.25) is 11.7 Å². The molecule has 0 amide bonds. The fourth-order valence-corrected chi connectivity index (χ4v) is 2.18. The molecule has 0 spiro atoms. The number of carbonyl (C=O) groups is 1. The summed E-state index contributed by atoms with van der Waals surface area (Å²) >= 11 is 0. The van der Waals surface area contributed by atoms with Crippen molar-refractivity contribution >= 4 is 5.97 Å². The lowest BCUT2D eigenvalue weighted by Gasteiger charge is -2.17. The van der Waals surface area contributed by atoms with Crippen LogP contribution in [0.15, 0.2) is 41.3 Å². The molecule has 0 aliphatic carbocycles. The summed E-state index contributed by atoms with van der Waals surface area (Å²) in [5.74, 6) is 0.559. The van der Waals surface area contributed by atoms with Crippen molar-refractivity contribution < 1.29 is 14.1 Å². The first kappa shape index (κ1) is 15.0. The first-order valence-electron chi connectivity index (χ1n) is 7.04. The van der Waals surface area contributed by atoms with Crippen molar-refractivity contribution in [2.45, 2.75) is 19.3 Å². The van der Waals surface area contributed by atoms with Crippen LogP contribution in [-0.4, -0.2) is 33.2 Å². The molecule has 3 rings (SSSR count). The van der Waals surface area contributed by atoms with E-state index >= 15 is 0 Å². The van der Waals surface area contributed by atoms with Crippen LogP contribution in [0.2, 0.25) is 0 Å². The molecule has 0 saturated carbocycles. The maximum absolute atomic E-state index is 11.4. The number of aromatic amines is 1. The number of nitrogens with one attached hydrogen (secondary N) is 1. The van der Waals surface area contributed by atoms with Gasteiger partial charge in [0.1, 0.15) is 0 Å². The zero-order valence-corrected chi connectivity index (χ0v) is 13.0. The van der Waals surface area contributed by atoms with Crippen LogP contribution in [0.4, 0.5) is 0 Å². The maximum atomic E-state index is 11.4. The Bertz CT molecular complexity index is 804. The molecule has 0 fully saturated rings. The molecular formula is C16H16N4O3. The maximum Gasteiger partial charge on any atom is 0.337 e. The van der Waals surface area contributed by atoms with Gasteiger partial charge in [-0.1, -0.05) is 17.3 Å². The topological polar surface area (TPSA) is 93.9 Å². The highest BCUT2D eigenvalue weighted by Gasteiger charge is 2.31. The molecule has 3 aromatic rings. The number of rotatable bonds is 4. The van der Waals surface area contributed by atoms with Gasteiger partial charge in [0.05, 0.1) is 24.4 Å². The number of imidazole rings is 1. The van der Waals surface area contributed by atoms with Crippen molar-refractivity contribution in [3.63, 3.8) is 0 Å². The smallest absolute Gasteiger partial charge is 0.337 e. The molecule has 118 valence electrons. The summed E-state index contributed by atoms with van der Waals surface area (Å²) in [6.45, 7) is 3.94. The fraction of sp³-hybridized carbons (Fsp3) is 0.250. The Morgan fingerprint density at radius 1 is 1.26 bits per heavy atom. The van der Waals surface area contributed by atoms with Crippen LogP contribution in [0.1, 0.15) is 35.8 Å². The Labute approximate surface area is 132 Å². The van der Waals surface area contributed by atoms with Crippen molar-refractivity contribution in [3.8, 4) is 11.4 Å². The van der Waals surface area contributed by atoms with E-state index < -0.39 is 5.41 Å². The summed E-state index contributed by atoms with van der Waals surface area (Å²) in [6.07, 6.45) is 3.34. The molecule has 1 N–H and O–H groups in total. The van der Waals surface area contributed by atoms with Crippen LogP contribution in [0.25, 0.3) is 11.4 Å². The number of aromatic nitrogens is 4. The zero-order valence-electron chi connectivity index (χ0n) is 13.0. The van der Waals surface area contributed by atoms with Gasteiger partial charge in [0, 0.05) is 17.5 Å². The van der Waals surface area contributed by atoms with Crippen LogP contribution in [0.3, 0.4) is 0 Å². The predicted octanol–water partition coefficient (Wildman–Crippen LogP) is 2.57. The van der Waals surface area contributed by atoms with E-state index in [1.165, 1.54) is 7.11 Å². The van der Waals surface area contributed by atoms with E-state index in [-0.39, 0.29) is 5.97 Å². The third-order valence-corrected chi connectivity index (χ3v) is 3.70. The van der Waals surface area contributed by atoms with E-state index in [9.17, 15) is 4.79 Å². The second kappa shape index (κ2) is 5.68. The van der Waals surface area contributed by atoms with Crippen molar-refractivity contribution in [1.29, 1.82) is 0 Å². The van der Waals surface area contributed by atoms with Gasteiger partial charge in [-0.05, 0) is 26.0 Å². The Morgan fingerprint density at radius 2 is 2.00 bits per heavy atom. The summed E-state index contributed by atoms with van der Waals surface area (Å²) in [6, 6.07) is 6.84. The molecule has 0 aliphatic rings. The van der Waals surface area contributed by atoms with E-state index in [1.807, 2.05) is 13.8 Å². The molecule has 0 unspecified atom stereocenters. The number of benzene rings is 1. The molecule has 2 aromatic heterocycles. The standard InChI is InChI=1S/C16H16N4O3/c1-16(2,12-8-17-9-18-12)15-19-13(20-23-15)10-4-6-11(7-5-10)14(21)22-3/h4-9H,1-3H3,(H,17,18). The quantitative estimate of drug-likeness (QED) is 0.744. The second-order valence-electron chi connectivity index (χ2n) is 5.58. The van der Waals surface area contributed by atoms with E-state index in [2.05, 4.69) is 24.8 Å². The molecule has 0 radical (unpaired) electrons. The Kier molecular flexibility index (Phi) is 3.69. The summed E-state index contributed by atoms with van der Waals surface area (Å²) < 4.78 is 10.1. The van der Waals surface area contributed by atoms with Crippen LogP contribution in [0.5, 0.6) is 0 Å². The average Bonchev–Trinajstić information content (AvgIpc) is 3.26. The summed E-state index contributed by atoms with van der Waals surface area (Å²) in [5, 5.41) is 4.02. The number of hydrogen-bond acceptors (Lipinski definition) is 6. The Balaban J connectivity index is 1.89. The van der Waals surface area contributed by atoms with Crippen molar-refractivity contribution in [3.05, 3.63) is 53.9 Å². The van der Waals surface area contributed by atoms with Gasteiger partial charge in [-0.3, -0.25) is 0 Å². The highest BCUT2D eigenvalue weighted by atomic mass is 16.5. The molecule has 0 atom stereocenters. The molecule has 23 heavy (non-hydrogen) atoms. The van der Waals surface area contributed by atoms with Gasteiger partial charge in [-0.15, -0.1) is 0 Å². The summed E-state index contributed by atoms with van der Waals surface area (Å²) in [7, 11) is 1.35. The highest BCUT2D eigenvalue weighted by Crippen LogP contribution is 2.30. The third kappa shape index (κ3) is 2.73. The number of carbonyl (C=O) groups excluding carboxylic acids is 1. The lowest BCUT2D eigenvalue weighted by molar-refractivity contribution is 0.0601. The minimum atomic E-state index is -0.478. The fourth-order valence-electron chi connectivity index (χ4n) is 2.18. The SMILES string of the molecule is COC(=O)c1ccc(-c2noc(C(C)(C)c3cnc[nH]3)n2)cc1. The third-order valence-electron chi connectivity index (χ3n) is 3.70. The molecular weight excluding hydrogens is 296 g/mol. The number of H-pyrrole nitrogens is 1. The van der Waals surface area contributed by atoms with Crippen molar-refractivity contribution in [2.75, 3.05) is 7.11 Å². The number of methoxy groups -OCH3 is 1. The molecule has 7 nitrogen and oxygen atoms in total. The lowest BCUT2D eigenvalue weighted by Crippen LogP contribution is -2.19. The number of ether oxygens (including phenoxy) is 1. The van der Waals surface area contributed by atoms with Crippen LogP contribution in [0, 0.1) is 0 Å². The van der Waals surface area contributed by atoms with Gasteiger partial charge >= 0.3 is 5.97 Å². The minimum absolute atomic E-state index is 0.384. The van der Waals surface area contributed by atoms with Crippen LogP contribution in [-0.2, 0) is 10.2 Å². The summed E-state index contributed by atoms with van der Waals surface area (Å²) in [4.78, 5) is 23.0. The van der Waals surface area contributed by atoms with Crippen molar-refractivity contribution in [1.82, 2.24) is 20.1 Å². The van der Waals surface area contributed by atoms with E-state index in [4.69, 9.17) is 4.52 Å². The Hall–Kier alpha value is -2.96. The van der Waals surface area contributed by atoms with E-state index in [0.29, 0.717) is 17.3 Å². The highest BCUT2D eigenvalue weighted by molar-refractivity contribution is 5.89. The molecule has 7 heteroatoms. The normalized spacial score (nSPS) is 11.4. The minimum Gasteiger partial charge on any atom is -0.465 e. The first-order valence-corrected chi connectivity index (χ1v) is 7.04. The van der Waals surface area contributed by atoms with E-state index in [0.717, 1.165) is 11.3 Å². The van der Waals surface area contributed by atoms with Gasteiger partial charge in [-0.2, -0.15) is 4.98 Å². The zero-order chi connectivity index (χ0) is 16.4. The number of hydrogen-bond donors (Lipinski definition) is 1. The van der Waals surface area contributed by atoms with Crippen LogP contribution >= 0.6 is 0 Å². The lowest BCUT2D eigenvalue weighted by atomic mass is 9.90. The largest absolute Gasteiger partial charge is 0.465 e. The molecule has 0 bridgehead atoms. The van der Waals surface area contributed by atoms with Gasteiger partial charge in [0.15, 0.2) is 0 Å². The average molecular weight is 312 g/mol. The predicted molar refractivity (Wildman–Crippen MR) is 81.8 cm³/mol. The van der Waals surface area contributed by atoms with E-state index in [1.54, 1.807) is 36.8 Å². The molecule has 2 heterocycles. The Morgan fingerprint density at radius 3 is 2.61 bits per heavy atom. The molecule has 1 aromatic carbocycles. The van der Waals surface area contributed by atoms with Gasteiger partial charge < -0.3 is 14.2 Å². The van der Waals surface area contributed by atoms with Gasteiger partial charge in [0.25, 0.3) is 0 Å². The summed E-state index contributed by atoms with van der Waals surface area (Å²) in [5.41, 5.74) is 1.63. The van der Waals surface area contributed by atoms with Crippen LogP contribution < -0.4 is 0 Å².